The van der Waals surface area contributed by atoms with Crippen molar-refractivity contribution in [2.75, 3.05) is 31.8 Å². The first kappa shape index (κ1) is 12.0. The molecule has 2 rings (SSSR count). The molecular formula is C14H19NO2. The molecule has 0 aromatic heterocycles. The van der Waals surface area contributed by atoms with Crippen LogP contribution in [0, 0.1) is 6.92 Å². The van der Waals surface area contributed by atoms with Crippen LogP contribution in [0.4, 0.5) is 5.69 Å². The average molecular weight is 233 g/mol. The number of ether oxygens (including phenoxy) is 2. The molecule has 0 unspecified atom stereocenters. The van der Waals surface area contributed by atoms with Crippen LogP contribution in [-0.4, -0.2) is 26.9 Å². The number of rotatable bonds is 4. The van der Waals surface area contributed by atoms with Gasteiger partial charge in [-0.3, -0.25) is 0 Å². The van der Waals surface area contributed by atoms with Crippen LogP contribution >= 0.6 is 0 Å². The van der Waals surface area contributed by atoms with E-state index in [0.717, 1.165) is 36.7 Å². The fourth-order valence-corrected chi connectivity index (χ4v) is 2.02. The molecule has 1 aliphatic heterocycles. The van der Waals surface area contributed by atoms with Crippen molar-refractivity contribution in [3.05, 3.63) is 36.0 Å². The summed E-state index contributed by atoms with van der Waals surface area (Å²) >= 11 is 0. The molecule has 0 amide bonds. The summed E-state index contributed by atoms with van der Waals surface area (Å²) in [6.45, 7) is 8.42. The smallest absolute Gasteiger partial charge is 0.143 e. The third-order valence-corrected chi connectivity index (χ3v) is 2.91. The van der Waals surface area contributed by atoms with Crippen molar-refractivity contribution in [2.45, 2.75) is 13.3 Å². The maximum Gasteiger partial charge on any atom is 0.143 e. The van der Waals surface area contributed by atoms with Crippen LogP contribution in [-0.2, 0) is 4.74 Å². The van der Waals surface area contributed by atoms with E-state index in [2.05, 4.69) is 30.5 Å². The highest BCUT2D eigenvalue weighted by molar-refractivity contribution is 5.65. The quantitative estimate of drug-likeness (QED) is 0.746. The molecule has 0 atom stereocenters. The minimum absolute atomic E-state index is 0.572. The Morgan fingerprint density at radius 1 is 1.47 bits per heavy atom. The van der Waals surface area contributed by atoms with Crippen LogP contribution in [0.3, 0.4) is 0 Å². The second kappa shape index (κ2) is 5.23. The molecule has 92 valence electrons. The number of methoxy groups -OCH3 is 1. The van der Waals surface area contributed by atoms with Gasteiger partial charge >= 0.3 is 0 Å². The van der Waals surface area contributed by atoms with Gasteiger partial charge in [0.25, 0.3) is 0 Å². The number of fused-ring (bicyclic) bond motifs is 1. The van der Waals surface area contributed by atoms with Gasteiger partial charge in [0, 0.05) is 26.0 Å². The molecular weight excluding hydrogens is 214 g/mol. The molecule has 0 aliphatic carbocycles. The third kappa shape index (κ3) is 2.61. The first-order chi connectivity index (χ1) is 8.22. The van der Waals surface area contributed by atoms with Crippen LogP contribution in [0.25, 0.3) is 0 Å². The lowest BCUT2D eigenvalue weighted by molar-refractivity contribution is 0.196. The van der Waals surface area contributed by atoms with Crippen molar-refractivity contribution in [1.29, 1.82) is 0 Å². The zero-order valence-electron chi connectivity index (χ0n) is 10.5. The summed E-state index contributed by atoms with van der Waals surface area (Å²) < 4.78 is 10.7. The van der Waals surface area contributed by atoms with Gasteiger partial charge in [-0.2, -0.15) is 0 Å². The fraction of sp³-hybridized carbons (Fsp3) is 0.429. The van der Waals surface area contributed by atoms with Crippen LogP contribution in [0.15, 0.2) is 30.5 Å². The number of hydrogen-bond acceptors (Lipinski definition) is 3. The first-order valence-electron chi connectivity index (χ1n) is 5.90. The summed E-state index contributed by atoms with van der Waals surface area (Å²) in [5.41, 5.74) is 3.37. The van der Waals surface area contributed by atoms with Crippen molar-refractivity contribution in [2.24, 2.45) is 0 Å². The van der Waals surface area contributed by atoms with Crippen molar-refractivity contribution >= 4 is 5.69 Å². The summed E-state index contributed by atoms with van der Waals surface area (Å²) in [5.74, 6) is 0.945. The summed E-state index contributed by atoms with van der Waals surface area (Å²) in [6.07, 6.45) is 0.989. The predicted molar refractivity (Wildman–Crippen MR) is 69.7 cm³/mol. The van der Waals surface area contributed by atoms with Gasteiger partial charge in [-0.1, -0.05) is 12.6 Å². The number of anilines is 1. The Hall–Kier alpha value is -1.48. The molecule has 1 aromatic carbocycles. The predicted octanol–water partition coefficient (Wildman–Crippen LogP) is 2.74. The highest BCUT2D eigenvalue weighted by atomic mass is 16.5. The summed E-state index contributed by atoms with van der Waals surface area (Å²) in [6, 6.07) is 6.24. The van der Waals surface area contributed by atoms with Crippen molar-refractivity contribution in [3.63, 3.8) is 0 Å². The lowest BCUT2D eigenvalue weighted by atomic mass is 10.1. The SMILES string of the molecule is C=C1COc2ccc(C)cc2N1CCCOC. The molecule has 1 aliphatic rings. The minimum atomic E-state index is 0.572. The van der Waals surface area contributed by atoms with E-state index in [1.165, 1.54) is 5.56 Å². The molecule has 1 heterocycles. The summed E-state index contributed by atoms with van der Waals surface area (Å²) in [5, 5.41) is 0. The maximum absolute atomic E-state index is 5.65. The van der Waals surface area contributed by atoms with Gasteiger partial charge in [-0.05, 0) is 31.0 Å². The first-order valence-corrected chi connectivity index (χ1v) is 5.90. The van der Waals surface area contributed by atoms with Crippen LogP contribution in [0.5, 0.6) is 5.75 Å². The van der Waals surface area contributed by atoms with E-state index in [0.29, 0.717) is 6.61 Å². The Morgan fingerprint density at radius 2 is 2.29 bits per heavy atom. The summed E-state index contributed by atoms with van der Waals surface area (Å²) in [7, 11) is 1.73. The Morgan fingerprint density at radius 3 is 3.06 bits per heavy atom. The average Bonchev–Trinajstić information content (AvgIpc) is 2.32. The van der Waals surface area contributed by atoms with Crippen molar-refractivity contribution < 1.29 is 9.47 Å². The number of benzene rings is 1. The number of hydrogen-bond donors (Lipinski definition) is 0. The van der Waals surface area contributed by atoms with Gasteiger partial charge in [-0.15, -0.1) is 0 Å². The summed E-state index contributed by atoms with van der Waals surface area (Å²) in [4.78, 5) is 2.23. The normalized spacial score (nSPS) is 14.5. The Balaban J connectivity index is 2.20. The fourth-order valence-electron chi connectivity index (χ4n) is 2.02. The standard InChI is InChI=1S/C14H19NO2/c1-11-5-6-14-13(9-11)15(7-4-8-16-3)12(2)10-17-14/h5-6,9H,2,4,7-8,10H2,1,3H3. The lowest BCUT2D eigenvalue weighted by Crippen LogP contribution is -2.31. The lowest BCUT2D eigenvalue weighted by Gasteiger charge is -2.33. The molecule has 3 heteroatoms. The second-order valence-corrected chi connectivity index (χ2v) is 4.32. The van der Waals surface area contributed by atoms with Crippen molar-refractivity contribution in [1.82, 2.24) is 0 Å². The van der Waals surface area contributed by atoms with E-state index in [1.54, 1.807) is 7.11 Å². The van der Waals surface area contributed by atoms with E-state index in [-0.39, 0.29) is 0 Å². The molecule has 17 heavy (non-hydrogen) atoms. The van der Waals surface area contributed by atoms with E-state index in [1.807, 2.05) is 6.07 Å². The third-order valence-electron chi connectivity index (χ3n) is 2.91. The van der Waals surface area contributed by atoms with Crippen LogP contribution in [0.2, 0.25) is 0 Å². The maximum atomic E-state index is 5.65. The zero-order valence-corrected chi connectivity index (χ0v) is 10.5. The Labute approximate surface area is 103 Å². The van der Waals surface area contributed by atoms with Gasteiger partial charge in [0.05, 0.1) is 5.69 Å². The topological polar surface area (TPSA) is 21.7 Å². The molecule has 3 nitrogen and oxygen atoms in total. The van der Waals surface area contributed by atoms with Gasteiger partial charge < -0.3 is 14.4 Å². The highest BCUT2D eigenvalue weighted by Crippen LogP contribution is 2.35. The van der Waals surface area contributed by atoms with Gasteiger partial charge in [0.1, 0.15) is 12.4 Å². The van der Waals surface area contributed by atoms with E-state index in [4.69, 9.17) is 9.47 Å². The molecule has 0 fully saturated rings. The van der Waals surface area contributed by atoms with E-state index < -0.39 is 0 Å². The Kier molecular flexibility index (Phi) is 3.69. The molecule has 0 saturated heterocycles. The molecule has 0 bridgehead atoms. The molecule has 0 saturated carbocycles. The molecule has 0 radical (unpaired) electrons. The van der Waals surface area contributed by atoms with Gasteiger partial charge in [0.2, 0.25) is 0 Å². The number of nitrogens with zero attached hydrogens (tertiary/aromatic N) is 1. The highest BCUT2D eigenvalue weighted by Gasteiger charge is 2.20. The van der Waals surface area contributed by atoms with E-state index in [9.17, 15) is 0 Å². The largest absolute Gasteiger partial charge is 0.485 e. The van der Waals surface area contributed by atoms with Gasteiger partial charge in [-0.25, -0.2) is 0 Å². The van der Waals surface area contributed by atoms with Crippen molar-refractivity contribution in [3.8, 4) is 5.75 Å². The minimum Gasteiger partial charge on any atom is -0.485 e. The monoisotopic (exact) mass is 233 g/mol. The van der Waals surface area contributed by atoms with Crippen LogP contribution in [0.1, 0.15) is 12.0 Å². The van der Waals surface area contributed by atoms with E-state index >= 15 is 0 Å². The van der Waals surface area contributed by atoms with Crippen LogP contribution < -0.4 is 9.64 Å². The number of aryl methyl sites for hydroxylation is 1. The molecule has 0 spiro atoms. The van der Waals surface area contributed by atoms with Gasteiger partial charge in [0.15, 0.2) is 0 Å². The molecule has 0 N–H and O–H groups in total. The Bertz CT molecular complexity index is 415. The molecule has 1 aromatic rings. The zero-order chi connectivity index (χ0) is 12.3. The second-order valence-electron chi connectivity index (χ2n) is 4.32.